The molecule has 0 atom stereocenters. The molecule has 6 heteroatoms. The van der Waals surface area contributed by atoms with Crippen LogP contribution in [0.3, 0.4) is 0 Å². The number of hydrogen-bond donors (Lipinski definition) is 2. The molecule has 118 valence electrons. The Hall–Kier alpha value is -1.69. The van der Waals surface area contributed by atoms with Crippen LogP contribution in [0.5, 0.6) is 5.75 Å². The Morgan fingerprint density at radius 1 is 1.38 bits per heavy atom. The number of nitrogens with one attached hydrogen (secondary N) is 1. The lowest BCUT2D eigenvalue weighted by Crippen LogP contribution is -2.41. The average molecular weight is 300 g/mol. The monoisotopic (exact) mass is 300 g/mol. The van der Waals surface area contributed by atoms with E-state index in [4.69, 9.17) is 5.73 Å². The van der Waals surface area contributed by atoms with Gasteiger partial charge in [0.2, 0.25) is 5.91 Å². The van der Waals surface area contributed by atoms with E-state index in [0.29, 0.717) is 24.1 Å². The molecule has 0 aliphatic rings. The lowest BCUT2D eigenvalue weighted by Gasteiger charge is -2.28. The number of hydrogen-bond acceptors (Lipinski definition) is 3. The van der Waals surface area contributed by atoms with Crippen molar-refractivity contribution < 1.29 is 18.3 Å². The van der Waals surface area contributed by atoms with E-state index in [0.717, 1.165) is 0 Å². The highest BCUT2D eigenvalue weighted by molar-refractivity contribution is 5.95. The highest BCUT2D eigenvalue weighted by Crippen LogP contribution is 2.29. The summed E-state index contributed by atoms with van der Waals surface area (Å²) in [5, 5.41) is 2.73. The number of rotatable bonds is 7. The molecule has 0 radical (unpaired) electrons. The molecule has 0 aliphatic carbocycles. The first-order chi connectivity index (χ1) is 9.88. The number of aryl methyl sites for hydroxylation is 1. The maximum Gasteiger partial charge on any atom is 0.387 e. The number of amides is 1. The van der Waals surface area contributed by atoms with Gasteiger partial charge >= 0.3 is 6.61 Å². The van der Waals surface area contributed by atoms with Gasteiger partial charge in [-0.15, -0.1) is 0 Å². The molecule has 4 nitrogen and oxygen atoms in total. The third kappa shape index (κ3) is 4.14. The molecule has 0 saturated carbocycles. The van der Waals surface area contributed by atoms with E-state index < -0.39 is 12.0 Å². The summed E-state index contributed by atoms with van der Waals surface area (Å²) < 4.78 is 29.1. The van der Waals surface area contributed by atoms with E-state index in [1.54, 1.807) is 19.1 Å². The van der Waals surface area contributed by atoms with Gasteiger partial charge in [-0.3, -0.25) is 4.79 Å². The van der Waals surface area contributed by atoms with Gasteiger partial charge in [0.1, 0.15) is 5.75 Å². The van der Waals surface area contributed by atoms with Crippen LogP contribution in [0.4, 0.5) is 14.5 Å². The molecule has 0 unspecified atom stereocenters. The zero-order chi connectivity index (χ0) is 16.0. The summed E-state index contributed by atoms with van der Waals surface area (Å²) in [7, 11) is 0. The second-order valence-electron chi connectivity index (χ2n) is 5.00. The first-order valence-electron chi connectivity index (χ1n) is 6.95. The fraction of sp³-hybridized carbons (Fsp3) is 0.533. The molecule has 0 aromatic heterocycles. The lowest BCUT2D eigenvalue weighted by atomic mass is 9.81. The van der Waals surface area contributed by atoms with Crippen molar-refractivity contribution >= 4 is 11.6 Å². The number of nitrogens with two attached hydrogens (primary N) is 1. The third-order valence-corrected chi connectivity index (χ3v) is 3.89. The van der Waals surface area contributed by atoms with E-state index in [1.807, 2.05) is 13.8 Å². The number of carbonyl (C=O) groups excluding carboxylic acids is 1. The van der Waals surface area contributed by atoms with Gasteiger partial charge in [0.25, 0.3) is 0 Å². The van der Waals surface area contributed by atoms with Crippen LogP contribution >= 0.6 is 0 Å². The maximum absolute atomic E-state index is 12.4. The minimum Gasteiger partial charge on any atom is -0.434 e. The minimum absolute atomic E-state index is 0.0501. The summed E-state index contributed by atoms with van der Waals surface area (Å²) in [6.45, 7) is 2.79. The van der Waals surface area contributed by atoms with Crippen LogP contribution in [0.2, 0.25) is 0 Å². The van der Waals surface area contributed by atoms with Crippen molar-refractivity contribution in [2.45, 2.75) is 40.2 Å². The molecule has 3 N–H and O–H groups in total. The summed E-state index contributed by atoms with van der Waals surface area (Å²) in [4.78, 5) is 12.4. The van der Waals surface area contributed by atoms with Crippen molar-refractivity contribution in [2.75, 3.05) is 11.9 Å². The molecule has 1 rings (SSSR count). The SMILES string of the molecule is CCC(CC)(CN)C(=O)Nc1ccc(C)c(OC(F)F)c1. The number of alkyl halides is 2. The molecular formula is C15H22F2N2O2. The Balaban J connectivity index is 2.95. The Morgan fingerprint density at radius 3 is 2.48 bits per heavy atom. The van der Waals surface area contributed by atoms with Crippen LogP contribution in [0.25, 0.3) is 0 Å². The van der Waals surface area contributed by atoms with Crippen LogP contribution in [0.1, 0.15) is 32.3 Å². The van der Waals surface area contributed by atoms with Crippen molar-refractivity contribution in [3.8, 4) is 5.75 Å². The van der Waals surface area contributed by atoms with Crippen LogP contribution in [0, 0.1) is 12.3 Å². The molecule has 0 heterocycles. The fourth-order valence-electron chi connectivity index (χ4n) is 2.12. The first kappa shape index (κ1) is 17.4. The van der Waals surface area contributed by atoms with Crippen LogP contribution in [-0.4, -0.2) is 19.1 Å². The molecule has 0 bridgehead atoms. The van der Waals surface area contributed by atoms with Gasteiger partial charge in [0.15, 0.2) is 0 Å². The number of anilines is 1. The normalized spacial score (nSPS) is 11.6. The van der Waals surface area contributed by atoms with Crippen molar-refractivity contribution in [3.05, 3.63) is 23.8 Å². The lowest BCUT2D eigenvalue weighted by molar-refractivity contribution is -0.125. The van der Waals surface area contributed by atoms with E-state index >= 15 is 0 Å². The molecule has 0 saturated heterocycles. The average Bonchev–Trinajstić information content (AvgIpc) is 2.44. The topological polar surface area (TPSA) is 64.4 Å². The Morgan fingerprint density at radius 2 is 2.00 bits per heavy atom. The summed E-state index contributed by atoms with van der Waals surface area (Å²) >= 11 is 0. The first-order valence-corrected chi connectivity index (χ1v) is 6.95. The Labute approximate surface area is 123 Å². The standard InChI is InChI=1S/C15H22F2N2O2/c1-4-15(5-2,9-18)13(20)19-11-7-6-10(3)12(8-11)21-14(16)17/h6-8,14H,4-5,9,18H2,1-3H3,(H,19,20). The summed E-state index contributed by atoms with van der Waals surface area (Å²) in [5.74, 6) is -0.156. The zero-order valence-corrected chi connectivity index (χ0v) is 12.6. The molecular weight excluding hydrogens is 278 g/mol. The summed E-state index contributed by atoms with van der Waals surface area (Å²) in [5.41, 5.74) is 6.07. The predicted octanol–water partition coefficient (Wildman–Crippen LogP) is 3.30. The van der Waals surface area contributed by atoms with E-state index in [9.17, 15) is 13.6 Å². The zero-order valence-electron chi connectivity index (χ0n) is 12.6. The highest BCUT2D eigenvalue weighted by Gasteiger charge is 2.33. The largest absolute Gasteiger partial charge is 0.434 e. The fourth-order valence-corrected chi connectivity index (χ4v) is 2.12. The number of carbonyl (C=O) groups is 1. The van der Waals surface area contributed by atoms with Crippen LogP contribution < -0.4 is 15.8 Å². The van der Waals surface area contributed by atoms with Crippen LogP contribution in [0.15, 0.2) is 18.2 Å². The number of halogens is 2. The molecule has 21 heavy (non-hydrogen) atoms. The minimum atomic E-state index is -2.90. The predicted molar refractivity (Wildman–Crippen MR) is 78.5 cm³/mol. The van der Waals surface area contributed by atoms with E-state index in [1.165, 1.54) is 6.07 Å². The maximum atomic E-state index is 12.4. The van der Waals surface area contributed by atoms with Gasteiger partial charge < -0.3 is 15.8 Å². The molecule has 1 amide bonds. The second kappa shape index (κ2) is 7.36. The molecule has 1 aromatic rings. The number of benzene rings is 1. The van der Waals surface area contributed by atoms with Gasteiger partial charge in [0.05, 0.1) is 5.41 Å². The van der Waals surface area contributed by atoms with Crippen molar-refractivity contribution in [2.24, 2.45) is 11.1 Å². The van der Waals surface area contributed by atoms with Crippen molar-refractivity contribution in [1.29, 1.82) is 0 Å². The quantitative estimate of drug-likeness (QED) is 0.812. The van der Waals surface area contributed by atoms with Gasteiger partial charge in [-0.1, -0.05) is 19.9 Å². The van der Waals surface area contributed by atoms with Crippen LogP contribution in [-0.2, 0) is 4.79 Å². The van der Waals surface area contributed by atoms with E-state index in [2.05, 4.69) is 10.1 Å². The third-order valence-electron chi connectivity index (χ3n) is 3.89. The van der Waals surface area contributed by atoms with Gasteiger partial charge in [-0.05, 0) is 31.4 Å². The summed E-state index contributed by atoms with van der Waals surface area (Å²) in [6, 6.07) is 4.67. The molecule has 0 spiro atoms. The van der Waals surface area contributed by atoms with Gasteiger partial charge in [0, 0.05) is 18.3 Å². The Kier molecular flexibility index (Phi) is 6.08. The van der Waals surface area contributed by atoms with E-state index in [-0.39, 0.29) is 18.2 Å². The molecule has 0 aliphatic heterocycles. The molecule has 0 fully saturated rings. The van der Waals surface area contributed by atoms with Crippen molar-refractivity contribution in [1.82, 2.24) is 0 Å². The number of ether oxygens (including phenoxy) is 1. The summed E-state index contributed by atoms with van der Waals surface area (Å²) in [6.07, 6.45) is 1.22. The van der Waals surface area contributed by atoms with Gasteiger partial charge in [-0.25, -0.2) is 0 Å². The highest BCUT2D eigenvalue weighted by atomic mass is 19.3. The van der Waals surface area contributed by atoms with Crippen molar-refractivity contribution in [3.63, 3.8) is 0 Å². The second-order valence-corrected chi connectivity index (χ2v) is 5.00. The molecule has 1 aromatic carbocycles. The smallest absolute Gasteiger partial charge is 0.387 e. The Bertz CT molecular complexity index is 480. The van der Waals surface area contributed by atoms with Gasteiger partial charge in [-0.2, -0.15) is 8.78 Å².